The number of hydrogen-bond donors (Lipinski definition) is 0. The highest BCUT2D eigenvalue weighted by Crippen LogP contribution is 2.51. The van der Waals surface area contributed by atoms with E-state index in [0.717, 1.165) is 74.5 Å². The molecule has 0 fully saturated rings. The fourth-order valence-corrected chi connectivity index (χ4v) is 11.0. The molecule has 1 aliphatic carbocycles. The minimum Gasteiger partial charge on any atom is -0.457 e. The van der Waals surface area contributed by atoms with E-state index in [4.69, 9.17) is 13.8 Å². The summed E-state index contributed by atoms with van der Waals surface area (Å²) in [5.74, 6) is 6.37. The number of aromatic nitrogens is 2. The second-order valence-electron chi connectivity index (χ2n) is 21.2. The number of para-hydroxylation sites is 3. The molecule has 0 N–H and O–H groups in total. The Morgan fingerprint density at radius 1 is 0.652 bits per heavy atom. The van der Waals surface area contributed by atoms with E-state index >= 15 is 0 Å². The highest BCUT2D eigenvalue weighted by Gasteiger charge is 2.41. The smallest absolute Gasteiger partial charge is 0.313 e. The normalized spacial score (nSPS) is 18.1. The molecule has 69 heavy (non-hydrogen) atoms. The van der Waals surface area contributed by atoms with Gasteiger partial charge in [0.25, 0.3) is 0 Å². The minimum absolute atomic E-state index is 0.00265. The number of hydrogen-bond acceptors (Lipinski definition) is 5. The lowest BCUT2D eigenvalue weighted by atomic mass is 9.55. The van der Waals surface area contributed by atoms with Gasteiger partial charge in [-0.1, -0.05) is 145 Å². The maximum atomic E-state index is 9.42. The minimum atomic E-state index is -0.419. The fourth-order valence-electron chi connectivity index (χ4n) is 11.0. The molecule has 3 aliphatic heterocycles. The van der Waals surface area contributed by atoms with Crippen LogP contribution in [0.1, 0.15) is 96.0 Å². The van der Waals surface area contributed by atoms with Gasteiger partial charge in [-0.15, -0.1) is 0 Å². The van der Waals surface area contributed by atoms with Gasteiger partial charge in [-0.3, -0.25) is 4.57 Å². The molecule has 8 aromatic rings. The standard InChI is InChI=1S/C62H58BN5O/c1-60(2,3)44-30-34-64-57(37-44)68-53-23-12-11-22-48(53)49-28-27-47(39-56(49)68)69-46-21-17-20-45(38-46)65-41-66(55-25-14-13-24-54(55)65)59-50(42-18-9-8-10-19-42)40-63-33-15-16-35-67(63)58(59)43-26-29-51-52(36-43)62(6,7)32-31-61(51,4)5/h8-30,33-40H,31-32,41H2,1-7H3/i8D,9D,10D,18D,19D. The number of pyridine rings is 1. The Balaban J connectivity index is 0.994. The molecule has 0 saturated carbocycles. The summed E-state index contributed by atoms with van der Waals surface area (Å²) < 4.78 is 54.3. The zero-order valence-electron chi connectivity index (χ0n) is 45.4. The Labute approximate surface area is 414 Å². The Hall–Kier alpha value is -7.51. The maximum absolute atomic E-state index is 9.42. The molecule has 5 heterocycles. The molecule has 2 aromatic heterocycles. The quantitative estimate of drug-likeness (QED) is 0.149. The van der Waals surface area contributed by atoms with Crippen molar-refractivity contribution in [1.82, 2.24) is 14.4 Å². The highest BCUT2D eigenvalue weighted by molar-refractivity contribution is 6.70. The number of nitrogens with zero attached hydrogens (tertiary/aromatic N) is 5. The molecule has 7 heteroatoms. The van der Waals surface area contributed by atoms with E-state index in [1.807, 2.05) is 48.7 Å². The summed E-state index contributed by atoms with van der Waals surface area (Å²) in [6, 6.07) is 40.7. The molecule has 6 aromatic carbocycles. The van der Waals surface area contributed by atoms with Crippen LogP contribution in [0.4, 0.5) is 17.1 Å². The number of rotatable bonds is 7. The zero-order valence-corrected chi connectivity index (χ0v) is 40.4. The third-order valence-corrected chi connectivity index (χ3v) is 14.8. The first-order valence-corrected chi connectivity index (χ1v) is 24.1. The molecule has 0 bridgehead atoms. The van der Waals surface area contributed by atoms with Gasteiger partial charge in [0.05, 0.1) is 40.7 Å². The predicted molar refractivity (Wildman–Crippen MR) is 289 cm³/mol. The first-order chi connectivity index (χ1) is 35.4. The number of benzene rings is 6. The summed E-state index contributed by atoms with van der Waals surface area (Å²) >= 11 is 0. The van der Waals surface area contributed by atoms with Gasteiger partial charge in [-0.25, -0.2) is 4.98 Å². The van der Waals surface area contributed by atoms with Crippen LogP contribution < -0.4 is 14.5 Å². The van der Waals surface area contributed by atoms with E-state index in [1.54, 1.807) is 0 Å². The van der Waals surface area contributed by atoms with E-state index in [0.29, 0.717) is 23.7 Å². The van der Waals surface area contributed by atoms with Crippen molar-refractivity contribution in [3.8, 4) is 17.3 Å². The van der Waals surface area contributed by atoms with Crippen molar-refractivity contribution in [3.05, 3.63) is 222 Å². The van der Waals surface area contributed by atoms with Crippen molar-refractivity contribution >= 4 is 57.0 Å². The second kappa shape index (κ2) is 16.1. The van der Waals surface area contributed by atoms with Crippen LogP contribution in [0, 0.1) is 0 Å². The van der Waals surface area contributed by atoms with Gasteiger partial charge < -0.3 is 19.3 Å². The summed E-state index contributed by atoms with van der Waals surface area (Å²) in [5, 5.41) is 2.25. The maximum Gasteiger partial charge on any atom is 0.313 e. The van der Waals surface area contributed by atoms with Crippen molar-refractivity contribution in [2.75, 3.05) is 16.5 Å². The summed E-state index contributed by atoms with van der Waals surface area (Å²) in [4.78, 5) is 11.7. The largest absolute Gasteiger partial charge is 0.457 e. The highest BCUT2D eigenvalue weighted by atomic mass is 16.5. The lowest BCUT2D eigenvalue weighted by Gasteiger charge is -2.43. The first-order valence-electron chi connectivity index (χ1n) is 26.6. The van der Waals surface area contributed by atoms with Gasteiger partial charge in [0.15, 0.2) is 0 Å². The molecule has 4 aliphatic rings. The Morgan fingerprint density at radius 3 is 2.20 bits per heavy atom. The van der Waals surface area contributed by atoms with Crippen LogP contribution in [0.2, 0.25) is 0 Å². The van der Waals surface area contributed by atoms with E-state index in [1.165, 1.54) is 16.7 Å². The van der Waals surface area contributed by atoms with E-state index in [9.17, 15) is 2.74 Å². The average Bonchev–Trinajstić information content (AvgIpc) is 3.94. The number of ether oxygens (including phenoxy) is 1. The van der Waals surface area contributed by atoms with Gasteiger partial charge in [0.1, 0.15) is 24.0 Å². The van der Waals surface area contributed by atoms with Crippen molar-refractivity contribution in [2.45, 2.75) is 77.6 Å². The van der Waals surface area contributed by atoms with Crippen LogP contribution in [0.15, 0.2) is 194 Å². The Kier molecular flexibility index (Phi) is 8.72. The summed E-state index contributed by atoms with van der Waals surface area (Å²) in [7, 11) is 0. The van der Waals surface area contributed by atoms with Crippen molar-refractivity contribution in [3.63, 3.8) is 0 Å². The van der Waals surface area contributed by atoms with Crippen LogP contribution in [-0.4, -0.2) is 27.9 Å². The van der Waals surface area contributed by atoms with Gasteiger partial charge in [0.2, 0.25) is 0 Å². The van der Waals surface area contributed by atoms with Crippen molar-refractivity contribution in [2.24, 2.45) is 0 Å². The van der Waals surface area contributed by atoms with Gasteiger partial charge in [-0.05, 0) is 135 Å². The average molecular weight is 905 g/mol. The summed E-state index contributed by atoms with van der Waals surface area (Å²) in [5.41, 5.74) is 11.9. The summed E-state index contributed by atoms with van der Waals surface area (Å²) in [6.45, 7) is 16.0. The third kappa shape index (κ3) is 7.29. The molecule has 6 nitrogen and oxygen atoms in total. The summed E-state index contributed by atoms with van der Waals surface area (Å²) in [6.07, 6.45) is 10.2. The lowest BCUT2D eigenvalue weighted by molar-refractivity contribution is 0.332. The predicted octanol–water partition coefficient (Wildman–Crippen LogP) is 15.5. The fraction of sp³-hybridized carbons (Fsp3) is 0.210. The zero-order chi connectivity index (χ0) is 51.6. The van der Waals surface area contributed by atoms with Gasteiger partial charge in [0, 0.05) is 34.8 Å². The number of anilines is 3. The van der Waals surface area contributed by atoms with Crippen LogP contribution in [0.3, 0.4) is 0 Å². The van der Waals surface area contributed by atoms with Crippen LogP contribution in [0.5, 0.6) is 11.5 Å². The molecule has 12 rings (SSSR count). The van der Waals surface area contributed by atoms with Crippen LogP contribution in [-0.2, 0) is 16.2 Å². The molecular formula is C62H58BN5O. The molecule has 0 amide bonds. The Bertz CT molecular complexity index is 3760. The number of fused-ring (bicyclic) bond motifs is 6. The second-order valence-corrected chi connectivity index (χ2v) is 21.2. The van der Waals surface area contributed by atoms with Gasteiger partial charge >= 0.3 is 6.85 Å². The van der Waals surface area contributed by atoms with E-state index in [-0.39, 0.29) is 52.8 Å². The van der Waals surface area contributed by atoms with E-state index < -0.39 is 6.04 Å². The molecule has 340 valence electrons. The molecule has 0 atom stereocenters. The first kappa shape index (κ1) is 37.5. The van der Waals surface area contributed by atoms with Gasteiger partial charge in [-0.2, -0.15) is 0 Å². The SMILES string of the molecule is [2H]c1c([2H])c([2H])c(C2=CB3C=CC=CN3C(c3ccc4c(c3)C(C)(C)CCC4(C)C)=C2N2CN(c3cccc(Oc4ccc5c6ccccc6n(-c6cc(C(C)(C)C)ccn6)c5c4)c3)c3ccccc32)c([2H])c1[2H]. The van der Waals surface area contributed by atoms with Crippen molar-refractivity contribution < 1.29 is 11.6 Å². The lowest BCUT2D eigenvalue weighted by Crippen LogP contribution is -2.40. The monoisotopic (exact) mass is 905 g/mol. The molecule has 0 unspecified atom stereocenters. The van der Waals surface area contributed by atoms with Crippen LogP contribution in [0.25, 0.3) is 38.9 Å². The Morgan fingerprint density at radius 2 is 1.39 bits per heavy atom. The van der Waals surface area contributed by atoms with E-state index in [2.05, 4.69) is 177 Å². The topological polar surface area (TPSA) is 36.8 Å². The van der Waals surface area contributed by atoms with Crippen molar-refractivity contribution in [1.29, 1.82) is 0 Å². The molecule has 0 saturated heterocycles. The molecule has 0 spiro atoms. The van der Waals surface area contributed by atoms with Crippen LogP contribution >= 0.6 is 0 Å². The number of allylic oxidation sites excluding steroid dienone is 3. The molecule has 0 radical (unpaired) electrons. The third-order valence-electron chi connectivity index (χ3n) is 14.8. The molecular weight excluding hydrogens is 842 g/mol.